The van der Waals surface area contributed by atoms with Crippen LogP contribution in [0.3, 0.4) is 0 Å². The third-order valence-electron chi connectivity index (χ3n) is 7.70. The van der Waals surface area contributed by atoms with Gasteiger partial charge in [0.1, 0.15) is 12.4 Å². The topological polar surface area (TPSA) is 79.0 Å². The maximum Gasteiger partial charge on any atom is 0.237 e. The van der Waals surface area contributed by atoms with Crippen LogP contribution < -0.4 is 5.32 Å². The second kappa shape index (κ2) is 13.6. The maximum atomic E-state index is 13.8. The van der Waals surface area contributed by atoms with Crippen molar-refractivity contribution in [3.05, 3.63) is 83.7 Å². The highest BCUT2D eigenvalue weighted by atomic mass is 19.1. The Balaban J connectivity index is 1.47. The third-order valence-corrected chi connectivity index (χ3v) is 7.70. The highest BCUT2D eigenvalue weighted by Crippen LogP contribution is 2.23. The second-order valence-electron chi connectivity index (χ2n) is 10.6. The van der Waals surface area contributed by atoms with Crippen molar-refractivity contribution in [3.8, 4) is 0 Å². The Morgan fingerprint density at radius 2 is 1.68 bits per heavy atom. The Bertz CT molecular complexity index is 1330. The van der Waals surface area contributed by atoms with Gasteiger partial charge >= 0.3 is 0 Å². The normalized spacial score (nSPS) is 17.4. The SMILES string of the molecule is CNC(=O)C(Cc1ccc2ccccc2c1)N1CCN(C(=O)C(CC(=O)COC)Cc2ccc(F)cc2)C(C)C1. The molecule has 1 fully saturated rings. The summed E-state index contributed by atoms with van der Waals surface area (Å²) in [6.07, 6.45) is 0.952. The Kier molecular flexibility index (Phi) is 10.0. The van der Waals surface area contributed by atoms with E-state index in [2.05, 4.69) is 40.5 Å². The number of halogens is 1. The number of Topliss-reactive ketones (excluding diaryl/α,β-unsaturated/α-hetero) is 1. The van der Waals surface area contributed by atoms with Crippen LogP contribution in [0.5, 0.6) is 0 Å². The van der Waals surface area contributed by atoms with Crippen LogP contribution in [0.1, 0.15) is 24.5 Å². The van der Waals surface area contributed by atoms with E-state index in [1.54, 1.807) is 19.2 Å². The van der Waals surface area contributed by atoms with Gasteiger partial charge in [0.2, 0.25) is 11.8 Å². The molecule has 8 heteroatoms. The molecule has 212 valence electrons. The van der Waals surface area contributed by atoms with Crippen molar-refractivity contribution in [2.75, 3.05) is 40.4 Å². The Morgan fingerprint density at radius 3 is 2.35 bits per heavy atom. The number of amides is 2. The molecule has 3 aromatic rings. The van der Waals surface area contributed by atoms with E-state index in [1.165, 1.54) is 19.2 Å². The average Bonchev–Trinajstić information content (AvgIpc) is 2.96. The molecule has 1 aliphatic heterocycles. The molecule has 0 saturated carbocycles. The minimum Gasteiger partial charge on any atom is -0.377 e. The number of carbonyl (C=O) groups excluding carboxylic acids is 3. The van der Waals surface area contributed by atoms with Gasteiger partial charge in [0, 0.05) is 52.2 Å². The zero-order chi connectivity index (χ0) is 28.6. The van der Waals surface area contributed by atoms with Gasteiger partial charge in [-0.25, -0.2) is 4.39 Å². The number of likely N-dealkylation sites (N-methyl/N-ethyl adjacent to an activating group) is 1. The number of ether oxygens (including phenoxy) is 1. The molecule has 0 spiro atoms. The maximum absolute atomic E-state index is 13.8. The van der Waals surface area contributed by atoms with Crippen LogP contribution in [0.15, 0.2) is 66.7 Å². The summed E-state index contributed by atoms with van der Waals surface area (Å²) >= 11 is 0. The lowest BCUT2D eigenvalue weighted by Crippen LogP contribution is -2.60. The molecule has 4 rings (SSSR count). The first-order chi connectivity index (χ1) is 19.3. The minimum absolute atomic E-state index is 0.0554. The molecule has 1 heterocycles. The van der Waals surface area contributed by atoms with Gasteiger partial charge in [-0.2, -0.15) is 0 Å². The first-order valence-electron chi connectivity index (χ1n) is 13.8. The molecule has 2 amide bonds. The number of benzene rings is 3. The summed E-state index contributed by atoms with van der Waals surface area (Å²) in [5.41, 5.74) is 1.88. The molecule has 7 nitrogen and oxygen atoms in total. The van der Waals surface area contributed by atoms with Gasteiger partial charge in [-0.3, -0.25) is 19.3 Å². The number of nitrogens with zero attached hydrogens (tertiary/aromatic N) is 2. The molecule has 0 aromatic heterocycles. The van der Waals surface area contributed by atoms with Crippen LogP contribution >= 0.6 is 0 Å². The van der Waals surface area contributed by atoms with E-state index < -0.39 is 5.92 Å². The highest BCUT2D eigenvalue weighted by Gasteiger charge is 2.36. The summed E-state index contributed by atoms with van der Waals surface area (Å²) < 4.78 is 18.4. The molecule has 0 radical (unpaired) electrons. The van der Waals surface area contributed by atoms with Crippen LogP contribution in [0, 0.1) is 11.7 Å². The summed E-state index contributed by atoms with van der Waals surface area (Å²) in [5, 5.41) is 5.10. The number of hydrogen-bond donors (Lipinski definition) is 1. The molecule has 1 N–H and O–H groups in total. The molecular formula is C32H38FN3O4. The van der Waals surface area contributed by atoms with Crippen LogP contribution in [0.25, 0.3) is 10.8 Å². The van der Waals surface area contributed by atoms with Crippen molar-refractivity contribution in [2.45, 2.75) is 38.3 Å². The molecule has 3 unspecified atom stereocenters. The predicted octanol–water partition coefficient (Wildman–Crippen LogP) is 3.63. The molecule has 3 aromatic carbocycles. The van der Waals surface area contributed by atoms with Crippen LogP contribution in [-0.4, -0.2) is 79.9 Å². The lowest BCUT2D eigenvalue weighted by Gasteiger charge is -2.43. The van der Waals surface area contributed by atoms with E-state index in [0.29, 0.717) is 32.5 Å². The third kappa shape index (κ3) is 7.31. The van der Waals surface area contributed by atoms with Gasteiger partial charge < -0.3 is 15.0 Å². The Hall–Kier alpha value is -3.62. The fraction of sp³-hybridized carbons (Fsp3) is 0.406. The lowest BCUT2D eigenvalue weighted by molar-refractivity contribution is -0.143. The minimum atomic E-state index is -0.575. The molecule has 40 heavy (non-hydrogen) atoms. The Morgan fingerprint density at radius 1 is 0.975 bits per heavy atom. The highest BCUT2D eigenvalue weighted by molar-refractivity contribution is 5.88. The number of hydrogen-bond acceptors (Lipinski definition) is 5. The van der Waals surface area contributed by atoms with Gasteiger partial charge in [0.25, 0.3) is 0 Å². The molecule has 1 aliphatic rings. The molecular weight excluding hydrogens is 509 g/mol. The van der Waals surface area contributed by atoms with E-state index in [9.17, 15) is 18.8 Å². The summed E-state index contributed by atoms with van der Waals surface area (Å²) in [4.78, 5) is 43.2. The van der Waals surface area contributed by atoms with Crippen molar-refractivity contribution in [1.82, 2.24) is 15.1 Å². The molecule has 3 atom stereocenters. The Labute approximate surface area is 235 Å². The van der Waals surface area contributed by atoms with Gasteiger partial charge in [-0.1, -0.05) is 54.6 Å². The number of rotatable bonds is 11. The van der Waals surface area contributed by atoms with Gasteiger partial charge in [-0.05, 0) is 53.8 Å². The smallest absolute Gasteiger partial charge is 0.237 e. The van der Waals surface area contributed by atoms with Crippen LogP contribution in [0.4, 0.5) is 4.39 Å². The number of methoxy groups -OCH3 is 1. The summed E-state index contributed by atoms with van der Waals surface area (Å²) in [6, 6.07) is 19.9. The summed E-state index contributed by atoms with van der Waals surface area (Å²) in [7, 11) is 3.10. The largest absolute Gasteiger partial charge is 0.377 e. The fourth-order valence-corrected chi connectivity index (χ4v) is 5.62. The lowest BCUT2D eigenvalue weighted by atomic mass is 9.91. The van der Waals surface area contributed by atoms with Gasteiger partial charge in [0.05, 0.1) is 6.04 Å². The van der Waals surface area contributed by atoms with Crippen molar-refractivity contribution in [2.24, 2.45) is 5.92 Å². The standard InChI is InChI=1S/C32H38FN3O4/c1-22-20-35(30(31(38)34-2)18-24-8-11-25-6-4-5-7-26(25)17-24)14-15-36(22)32(39)27(19-29(37)21-40-3)16-23-9-12-28(33)13-10-23/h4-13,17,22,27,30H,14-16,18-21H2,1-3H3,(H,34,38). The zero-order valence-electron chi connectivity index (χ0n) is 23.4. The fourth-order valence-electron chi connectivity index (χ4n) is 5.62. The second-order valence-corrected chi connectivity index (χ2v) is 10.6. The number of ketones is 1. The van der Waals surface area contributed by atoms with Crippen molar-refractivity contribution >= 4 is 28.4 Å². The molecule has 0 aliphatic carbocycles. The first kappa shape index (κ1) is 29.4. The number of carbonyl (C=O) groups is 3. The van der Waals surface area contributed by atoms with Crippen molar-refractivity contribution in [1.29, 1.82) is 0 Å². The van der Waals surface area contributed by atoms with E-state index >= 15 is 0 Å². The molecule has 1 saturated heterocycles. The van der Waals surface area contributed by atoms with Gasteiger partial charge in [0.15, 0.2) is 5.78 Å². The van der Waals surface area contributed by atoms with Crippen molar-refractivity contribution < 1.29 is 23.5 Å². The van der Waals surface area contributed by atoms with E-state index in [1.807, 2.05) is 24.0 Å². The number of piperazine rings is 1. The summed E-state index contributed by atoms with van der Waals surface area (Å²) in [5.74, 6) is -1.23. The first-order valence-corrected chi connectivity index (χ1v) is 13.8. The van der Waals surface area contributed by atoms with Crippen molar-refractivity contribution in [3.63, 3.8) is 0 Å². The van der Waals surface area contributed by atoms with E-state index in [-0.39, 0.29) is 48.5 Å². The van der Waals surface area contributed by atoms with Crippen LogP contribution in [0.2, 0.25) is 0 Å². The van der Waals surface area contributed by atoms with Gasteiger partial charge in [-0.15, -0.1) is 0 Å². The zero-order valence-corrected chi connectivity index (χ0v) is 23.4. The monoisotopic (exact) mass is 547 g/mol. The van der Waals surface area contributed by atoms with E-state index in [0.717, 1.165) is 21.9 Å². The van der Waals surface area contributed by atoms with E-state index in [4.69, 9.17) is 4.74 Å². The summed E-state index contributed by atoms with van der Waals surface area (Å²) in [6.45, 7) is 3.44. The van der Waals surface area contributed by atoms with Crippen LogP contribution in [-0.2, 0) is 32.0 Å². The predicted molar refractivity (Wildman–Crippen MR) is 153 cm³/mol. The number of nitrogens with one attached hydrogen (secondary N) is 1. The average molecular weight is 548 g/mol. The quantitative estimate of drug-likeness (QED) is 0.397. The number of fused-ring (bicyclic) bond motifs is 1. The molecule has 0 bridgehead atoms.